The zero-order valence-corrected chi connectivity index (χ0v) is 11.3. The van der Waals surface area contributed by atoms with Gasteiger partial charge in [-0.05, 0) is 25.0 Å². The molecule has 1 aliphatic heterocycles. The van der Waals surface area contributed by atoms with Crippen molar-refractivity contribution in [2.45, 2.75) is 25.0 Å². The van der Waals surface area contributed by atoms with Crippen LogP contribution in [0.25, 0.3) is 0 Å². The van der Waals surface area contributed by atoms with E-state index in [-0.39, 0.29) is 6.04 Å². The molecule has 1 fully saturated rings. The quantitative estimate of drug-likeness (QED) is 0.408. The Bertz CT molecular complexity index is 482. The number of carbonyl (C=O) groups is 3. The Morgan fingerprint density at radius 1 is 1.15 bits per heavy atom. The van der Waals surface area contributed by atoms with E-state index in [4.69, 9.17) is 4.84 Å². The highest BCUT2D eigenvalue weighted by Gasteiger charge is 2.34. The molecule has 0 aromatic heterocycles. The first-order chi connectivity index (χ1) is 9.69. The molecule has 2 rings (SSSR count). The van der Waals surface area contributed by atoms with Crippen LogP contribution in [0.1, 0.15) is 12.8 Å². The largest absolute Gasteiger partial charge is 0.303 e. The van der Waals surface area contributed by atoms with Crippen molar-refractivity contribution in [2.75, 3.05) is 5.06 Å². The third kappa shape index (κ3) is 2.96. The summed E-state index contributed by atoms with van der Waals surface area (Å²) in [5, 5.41) is 1.52. The summed E-state index contributed by atoms with van der Waals surface area (Å²) in [4.78, 5) is 38.6. The topological polar surface area (TPSA) is 63.7 Å². The number of rotatable bonds is 5. The molecule has 1 heterocycles. The van der Waals surface area contributed by atoms with E-state index in [2.05, 4.69) is 0 Å². The van der Waals surface area contributed by atoms with E-state index in [0.29, 0.717) is 25.4 Å². The van der Waals surface area contributed by atoms with Crippen LogP contribution in [-0.4, -0.2) is 38.9 Å². The number of benzene rings is 1. The van der Waals surface area contributed by atoms with E-state index < -0.39 is 12.0 Å². The van der Waals surface area contributed by atoms with E-state index in [1.54, 1.807) is 0 Å². The lowest BCUT2D eigenvalue weighted by atomic mass is 9.93. The number of carbonyl (C=O) groups excluding carboxylic acids is 3. The minimum absolute atomic E-state index is 0.371. The summed E-state index contributed by atoms with van der Waals surface area (Å²) in [6.45, 7) is 0. The molecule has 0 N–H and O–H groups in total. The fourth-order valence-electron chi connectivity index (χ4n) is 2.33. The summed E-state index contributed by atoms with van der Waals surface area (Å²) in [6.07, 6.45) is 2.53. The molecule has 1 saturated heterocycles. The van der Waals surface area contributed by atoms with Crippen LogP contribution in [0.15, 0.2) is 24.3 Å². The van der Waals surface area contributed by atoms with E-state index in [9.17, 15) is 14.4 Å². The Hall–Kier alpha value is -1.95. The second-order valence-corrected chi connectivity index (χ2v) is 4.94. The molecule has 0 amide bonds. The number of nitrogens with zero attached hydrogens (tertiary/aromatic N) is 1. The summed E-state index contributed by atoms with van der Waals surface area (Å²) in [6, 6.07) is 7.15. The Morgan fingerprint density at radius 2 is 1.80 bits per heavy atom. The molecule has 1 aliphatic rings. The average Bonchev–Trinajstić information content (AvgIpc) is 2.49. The molecule has 0 aliphatic carbocycles. The fraction of sp³-hybridized carbons (Fsp3) is 0.357. The van der Waals surface area contributed by atoms with Crippen LogP contribution >= 0.6 is 0 Å². The fourth-order valence-corrected chi connectivity index (χ4v) is 2.33. The average molecular weight is 273 g/mol. The van der Waals surface area contributed by atoms with Gasteiger partial charge >= 0.3 is 0 Å². The Balaban J connectivity index is 2.30. The maximum Gasteiger partial charge on any atom is 0.151 e. The first-order valence-electron chi connectivity index (χ1n) is 6.58. The maximum atomic E-state index is 11.0. The molecule has 2 atom stereocenters. The number of hydrogen-bond donors (Lipinski definition) is 0. The van der Waals surface area contributed by atoms with E-state index >= 15 is 0 Å². The van der Waals surface area contributed by atoms with Crippen molar-refractivity contribution in [1.29, 1.82) is 0 Å². The molecular formula is C14H16BNO4. The van der Waals surface area contributed by atoms with Crippen LogP contribution < -0.4 is 10.5 Å². The second-order valence-electron chi connectivity index (χ2n) is 4.94. The second kappa shape index (κ2) is 6.48. The predicted molar refractivity (Wildman–Crippen MR) is 76.7 cm³/mol. The van der Waals surface area contributed by atoms with Gasteiger partial charge in [0.1, 0.15) is 26.5 Å². The number of hydrogen-bond acceptors (Lipinski definition) is 5. The van der Waals surface area contributed by atoms with Gasteiger partial charge in [-0.2, -0.15) is 0 Å². The van der Waals surface area contributed by atoms with Gasteiger partial charge in [-0.3, -0.25) is 4.84 Å². The van der Waals surface area contributed by atoms with Crippen LogP contribution in [0.5, 0.6) is 0 Å². The third-order valence-corrected chi connectivity index (χ3v) is 3.50. The van der Waals surface area contributed by atoms with Crippen LogP contribution in [0.3, 0.4) is 0 Å². The minimum Gasteiger partial charge on any atom is -0.303 e. The van der Waals surface area contributed by atoms with Gasteiger partial charge in [-0.15, -0.1) is 0 Å². The Morgan fingerprint density at radius 3 is 2.35 bits per heavy atom. The van der Waals surface area contributed by atoms with E-state index in [0.717, 1.165) is 17.4 Å². The highest BCUT2D eigenvalue weighted by Crippen LogP contribution is 2.28. The summed E-state index contributed by atoms with van der Waals surface area (Å²) in [5.74, 6) is -0.760. The monoisotopic (exact) mass is 273 g/mol. The molecule has 0 unspecified atom stereocenters. The van der Waals surface area contributed by atoms with Gasteiger partial charge in [0.25, 0.3) is 0 Å². The van der Waals surface area contributed by atoms with E-state index in [1.165, 1.54) is 5.06 Å². The van der Waals surface area contributed by atoms with Crippen molar-refractivity contribution in [3.63, 3.8) is 0 Å². The molecule has 0 radical (unpaired) electrons. The van der Waals surface area contributed by atoms with Crippen molar-refractivity contribution in [1.82, 2.24) is 0 Å². The molecule has 1 aromatic rings. The van der Waals surface area contributed by atoms with Gasteiger partial charge in [0.2, 0.25) is 0 Å². The van der Waals surface area contributed by atoms with Gasteiger partial charge in [-0.25, -0.2) is 5.06 Å². The molecular weight excluding hydrogens is 257 g/mol. The summed E-state index contributed by atoms with van der Waals surface area (Å²) in [7, 11) is 1.96. The number of hydroxylamine groups is 1. The molecule has 6 heteroatoms. The molecule has 20 heavy (non-hydrogen) atoms. The summed E-state index contributed by atoms with van der Waals surface area (Å²) < 4.78 is 0. The van der Waals surface area contributed by atoms with Crippen molar-refractivity contribution >= 4 is 37.9 Å². The first kappa shape index (κ1) is 14.5. The highest BCUT2D eigenvalue weighted by atomic mass is 16.7. The van der Waals surface area contributed by atoms with E-state index in [1.807, 2.05) is 32.1 Å². The zero-order chi connectivity index (χ0) is 14.5. The molecule has 0 bridgehead atoms. The molecule has 0 saturated carbocycles. The normalized spacial score (nSPS) is 22.6. The van der Waals surface area contributed by atoms with Crippen molar-refractivity contribution in [3.8, 4) is 0 Å². The van der Waals surface area contributed by atoms with Crippen LogP contribution in [-0.2, 0) is 19.2 Å². The van der Waals surface area contributed by atoms with Crippen LogP contribution in [0.2, 0.25) is 0 Å². The lowest BCUT2D eigenvalue weighted by Crippen LogP contribution is -2.49. The van der Waals surface area contributed by atoms with Crippen LogP contribution in [0.4, 0.5) is 5.69 Å². The standard InChI is InChI=1S/C14H16BNO4/c15-11-1-3-12(4-2-11)16-14(10(7-17)8-18)6-5-13(9-19)20-16/h1-4,7-10,13-14H,5-6,15H2/t13-,14-/m1/s1. The van der Waals surface area contributed by atoms with Gasteiger partial charge in [0, 0.05) is 0 Å². The van der Waals surface area contributed by atoms with Gasteiger partial charge in [0.15, 0.2) is 6.29 Å². The van der Waals surface area contributed by atoms with Crippen molar-refractivity contribution in [3.05, 3.63) is 24.3 Å². The summed E-state index contributed by atoms with van der Waals surface area (Å²) >= 11 is 0. The number of anilines is 1. The third-order valence-electron chi connectivity index (χ3n) is 3.50. The highest BCUT2D eigenvalue weighted by molar-refractivity contribution is 6.32. The van der Waals surface area contributed by atoms with Gasteiger partial charge < -0.3 is 14.4 Å². The zero-order valence-electron chi connectivity index (χ0n) is 11.3. The van der Waals surface area contributed by atoms with Crippen molar-refractivity contribution in [2.24, 2.45) is 5.92 Å². The molecule has 5 nitrogen and oxygen atoms in total. The molecule has 1 aromatic carbocycles. The first-order valence-corrected chi connectivity index (χ1v) is 6.58. The Labute approximate surface area is 118 Å². The van der Waals surface area contributed by atoms with Gasteiger partial charge in [0.05, 0.1) is 17.6 Å². The Kier molecular flexibility index (Phi) is 4.68. The number of aldehydes is 3. The molecule has 104 valence electrons. The van der Waals surface area contributed by atoms with Crippen LogP contribution in [0, 0.1) is 5.92 Å². The van der Waals surface area contributed by atoms with Gasteiger partial charge in [-0.1, -0.05) is 17.6 Å². The lowest BCUT2D eigenvalue weighted by Gasteiger charge is -2.39. The minimum atomic E-state index is -0.760. The molecule has 0 spiro atoms. The summed E-state index contributed by atoms with van der Waals surface area (Å²) in [5.41, 5.74) is 1.83. The smallest absolute Gasteiger partial charge is 0.151 e. The SMILES string of the molecule is Bc1ccc(N2O[C@@H](C=O)CC[C@@H]2C(C=O)C=O)cc1. The lowest BCUT2D eigenvalue weighted by molar-refractivity contribution is -0.128. The van der Waals surface area contributed by atoms with Crippen molar-refractivity contribution < 1.29 is 19.2 Å². The predicted octanol–water partition coefficient (Wildman–Crippen LogP) is -0.573. The maximum absolute atomic E-state index is 11.0.